The molecule has 1 fully saturated rings. The second-order valence-corrected chi connectivity index (χ2v) is 6.82. The Morgan fingerprint density at radius 3 is 2.30 bits per heavy atom. The fraction of sp³-hybridized carbons (Fsp3) is 0.579. The highest BCUT2D eigenvalue weighted by molar-refractivity contribution is 6.02. The van der Waals surface area contributed by atoms with E-state index in [-0.39, 0.29) is 17.2 Å². The molecule has 0 saturated heterocycles. The predicted molar refractivity (Wildman–Crippen MR) is 88.6 cm³/mol. The van der Waals surface area contributed by atoms with Crippen LogP contribution in [0, 0.1) is 11.8 Å². The Kier molecular flexibility index (Phi) is 6.20. The Morgan fingerprint density at radius 1 is 1.13 bits per heavy atom. The molecule has 0 spiro atoms. The molecule has 1 atom stereocenters. The molecule has 0 amide bonds. The second kappa shape index (κ2) is 8.14. The molecule has 0 heterocycles. The number of hydrogen-bond donors (Lipinski definition) is 1. The summed E-state index contributed by atoms with van der Waals surface area (Å²) in [5.41, 5.74) is 0.147. The van der Waals surface area contributed by atoms with Gasteiger partial charge in [-0.3, -0.25) is 0 Å². The number of hydrogen-bond acceptors (Lipinski definition) is 3. The first-order chi connectivity index (χ1) is 11.0. The Labute approximate surface area is 137 Å². The van der Waals surface area contributed by atoms with E-state index in [1.165, 1.54) is 31.4 Å². The third-order valence-electron chi connectivity index (χ3n) is 4.52. The van der Waals surface area contributed by atoms with Crippen LogP contribution in [0.25, 0.3) is 0 Å². The van der Waals surface area contributed by atoms with E-state index in [0.717, 1.165) is 19.3 Å². The minimum atomic E-state index is -1.10. The van der Waals surface area contributed by atoms with E-state index in [0.29, 0.717) is 11.8 Å². The van der Waals surface area contributed by atoms with Crippen molar-refractivity contribution >= 4 is 11.9 Å². The molecule has 1 aliphatic carbocycles. The smallest absolute Gasteiger partial charge is 0.339 e. The van der Waals surface area contributed by atoms with Crippen LogP contribution >= 0.6 is 0 Å². The van der Waals surface area contributed by atoms with Gasteiger partial charge in [-0.1, -0.05) is 45.2 Å². The lowest BCUT2D eigenvalue weighted by atomic mass is 9.82. The van der Waals surface area contributed by atoms with E-state index in [2.05, 4.69) is 13.8 Å². The number of ether oxygens (including phenoxy) is 1. The highest BCUT2D eigenvalue weighted by atomic mass is 16.5. The molecule has 0 aromatic heterocycles. The van der Waals surface area contributed by atoms with Crippen molar-refractivity contribution in [3.8, 4) is 0 Å². The third-order valence-corrected chi connectivity index (χ3v) is 4.52. The van der Waals surface area contributed by atoms with Gasteiger partial charge in [-0.25, -0.2) is 9.59 Å². The van der Waals surface area contributed by atoms with Gasteiger partial charge in [0.2, 0.25) is 0 Å². The predicted octanol–water partition coefficient (Wildman–Crippen LogP) is 4.54. The summed E-state index contributed by atoms with van der Waals surface area (Å²) in [4.78, 5) is 23.8. The van der Waals surface area contributed by atoms with E-state index in [9.17, 15) is 14.7 Å². The minimum Gasteiger partial charge on any atom is -0.478 e. The number of benzene rings is 1. The molecule has 1 aromatic carbocycles. The maximum absolute atomic E-state index is 12.5. The Hall–Kier alpha value is -1.84. The van der Waals surface area contributed by atoms with Crippen molar-refractivity contribution in [1.82, 2.24) is 0 Å². The Morgan fingerprint density at radius 2 is 1.74 bits per heavy atom. The molecule has 126 valence electrons. The molecule has 0 unspecified atom stereocenters. The number of carboxylic acids is 1. The lowest BCUT2D eigenvalue weighted by molar-refractivity contribution is 0.000396. The molecule has 23 heavy (non-hydrogen) atoms. The monoisotopic (exact) mass is 318 g/mol. The third kappa shape index (κ3) is 4.81. The first-order valence-corrected chi connectivity index (χ1v) is 8.52. The molecule has 2 rings (SSSR count). The minimum absolute atomic E-state index is 0.00411. The van der Waals surface area contributed by atoms with E-state index in [4.69, 9.17) is 4.74 Å². The maximum atomic E-state index is 12.5. The summed E-state index contributed by atoms with van der Waals surface area (Å²) in [5, 5.41) is 9.24. The molecule has 1 aromatic rings. The Balaban J connectivity index is 2.15. The normalized spacial score (nSPS) is 17.0. The van der Waals surface area contributed by atoms with Gasteiger partial charge in [0.1, 0.15) is 6.10 Å². The van der Waals surface area contributed by atoms with Crippen molar-refractivity contribution in [2.75, 3.05) is 0 Å². The largest absolute Gasteiger partial charge is 0.478 e. The standard InChI is InChI=1S/C19H26O4/c1-13(2)12-17(14-8-4-3-5-9-14)23-19(22)16-11-7-6-10-15(16)18(20)21/h6-7,10-11,13-14,17H,3-5,8-9,12H2,1-2H3,(H,20,21)/t17-/m1/s1. The lowest BCUT2D eigenvalue weighted by Gasteiger charge is -2.31. The molecular weight excluding hydrogens is 292 g/mol. The number of carboxylic acid groups (broad SMARTS) is 1. The van der Waals surface area contributed by atoms with Gasteiger partial charge in [0.15, 0.2) is 0 Å². The van der Waals surface area contributed by atoms with Crippen LogP contribution in [-0.2, 0) is 4.74 Å². The van der Waals surface area contributed by atoms with Gasteiger partial charge in [-0.15, -0.1) is 0 Å². The van der Waals surface area contributed by atoms with Crippen LogP contribution in [0.4, 0.5) is 0 Å². The number of aromatic carboxylic acids is 1. The van der Waals surface area contributed by atoms with E-state index >= 15 is 0 Å². The second-order valence-electron chi connectivity index (χ2n) is 6.82. The quantitative estimate of drug-likeness (QED) is 0.782. The van der Waals surface area contributed by atoms with Crippen LogP contribution in [-0.4, -0.2) is 23.1 Å². The van der Waals surface area contributed by atoms with Crippen molar-refractivity contribution in [1.29, 1.82) is 0 Å². The van der Waals surface area contributed by atoms with Gasteiger partial charge >= 0.3 is 11.9 Å². The maximum Gasteiger partial charge on any atom is 0.339 e. The number of rotatable bonds is 6. The summed E-state index contributed by atoms with van der Waals surface area (Å²) in [6.45, 7) is 4.24. The van der Waals surface area contributed by atoms with Gasteiger partial charge in [0, 0.05) is 0 Å². The lowest BCUT2D eigenvalue weighted by Crippen LogP contribution is -2.30. The number of esters is 1. The van der Waals surface area contributed by atoms with E-state index in [1.807, 2.05) is 0 Å². The molecule has 4 heteroatoms. The van der Waals surface area contributed by atoms with Gasteiger partial charge < -0.3 is 9.84 Å². The van der Waals surface area contributed by atoms with Crippen LogP contribution in [0.15, 0.2) is 24.3 Å². The van der Waals surface area contributed by atoms with Crippen LogP contribution in [0.5, 0.6) is 0 Å². The topological polar surface area (TPSA) is 63.6 Å². The van der Waals surface area contributed by atoms with Crippen LogP contribution < -0.4 is 0 Å². The van der Waals surface area contributed by atoms with Crippen molar-refractivity contribution in [3.05, 3.63) is 35.4 Å². The molecule has 4 nitrogen and oxygen atoms in total. The zero-order valence-corrected chi connectivity index (χ0v) is 14.0. The first kappa shape index (κ1) is 17.5. The van der Waals surface area contributed by atoms with Crippen LogP contribution in [0.1, 0.15) is 73.1 Å². The van der Waals surface area contributed by atoms with E-state index in [1.54, 1.807) is 12.1 Å². The highest BCUT2D eigenvalue weighted by Gasteiger charge is 2.29. The Bertz CT molecular complexity index is 544. The fourth-order valence-electron chi connectivity index (χ4n) is 3.36. The van der Waals surface area contributed by atoms with Crippen molar-refractivity contribution in [2.24, 2.45) is 11.8 Å². The molecule has 0 aliphatic heterocycles. The zero-order chi connectivity index (χ0) is 16.8. The average molecular weight is 318 g/mol. The molecule has 0 bridgehead atoms. The summed E-state index contributed by atoms with van der Waals surface area (Å²) >= 11 is 0. The van der Waals surface area contributed by atoms with Gasteiger partial charge in [0.05, 0.1) is 11.1 Å². The summed E-state index contributed by atoms with van der Waals surface area (Å²) < 4.78 is 5.78. The van der Waals surface area contributed by atoms with Crippen LogP contribution in [0.2, 0.25) is 0 Å². The zero-order valence-electron chi connectivity index (χ0n) is 14.0. The van der Waals surface area contributed by atoms with Crippen molar-refractivity contribution < 1.29 is 19.4 Å². The van der Waals surface area contributed by atoms with Gasteiger partial charge in [-0.2, -0.15) is 0 Å². The molecular formula is C19H26O4. The summed E-state index contributed by atoms with van der Waals surface area (Å²) in [7, 11) is 0. The van der Waals surface area contributed by atoms with Crippen molar-refractivity contribution in [3.63, 3.8) is 0 Å². The summed E-state index contributed by atoms with van der Waals surface area (Å²) in [5.74, 6) is -0.786. The summed E-state index contributed by atoms with van der Waals surface area (Å²) in [6, 6.07) is 6.25. The number of carbonyl (C=O) groups is 2. The van der Waals surface area contributed by atoms with Crippen LogP contribution in [0.3, 0.4) is 0 Å². The van der Waals surface area contributed by atoms with Gasteiger partial charge in [-0.05, 0) is 43.2 Å². The highest BCUT2D eigenvalue weighted by Crippen LogP contribution is 2.31. The van der Waals surface area contributed by atoms with E-state index < -0.39 is 11.9 Å². The molecule has 0 radical (unpaired) electrons. The molecule has 1 saturated carbocycles. The summed E-state index contributed by atoms with van der Waals surface area (Å²) in [6.07, 6.45) is 6.50. The fourth-order valence-corrected chi connectivity index (χ4v) is 3.36. The van der Waals surface area contributed by atoms with Gasteiger partial charge in [0.25, 0.3) is 0 Å². The van der Waals surface area contributed by atoms with Crippen molar-refractivity contribution in [2.45, 2.75) is 58.5 Å². The number of carbonyl (C=O) groups excluding carboxylic acids is 1. The average Bonchev–Trinajstić information content (AvgIpc) is 2.54. The molecule has 1 N–H and O–H groups in total. The first-order valence-electron chi connectivity index (χ1n) is 8.52. The SMILES string of the molecule is CC(C)C[C@@H](OC(=O)c1ccccc1C(=O)O)C1CCCCC1. The molecule has 1 aliphatic rings.